The Labute approximate surface area is 61.0 Å². The average molecular weight is 166 g/mol. The van der Waals surface area contributed by atoms with Crippen molar-refractivity contribution in [3.05, 3.63) is 12.2 Å². The highest BCUT2D eigenvalue weighted by Gasteiger charge is 1.86. The van der Waals surface area contributed by atoms with Crippen molar-refractivity contribution in [1.82, 2.24) is 0 Å². The van der Waals surface area contributed by atoms with Gasteiger partial charge in [0, 0.05) is 5.57 Å². The first kappa shape index (κ1) is 12.0. The number of carbonyl (C=O) groups is 1. The van der Waals surface area contributed by atoms with E-state index in [1.807, 2.05) is 0 Å². The molecule has 0 fully saturated rings. The fourth-order valence-electron chi connectivity index (χ4n) is 0. The quantitative estimate of drug-likeness (QED) is 0.400. The minimum absolute atomic E-state index is 0.398. The minimum Gasteiger partial charge on any atom is -0.750 e. The molecule has 0 bridgehead atoms. The third-order valence-electron chi connectivity index (χ3n) is 0.421. The van der Waals surface area contributed by atoms with E-state index in [2.05, 4.69) is 6.58 Å². The van der Waals surface area contributed by atoms with Gasteiger partial charge in [-0.1, -0.05) is 6.58 Å². The number of carbonyl (C=O) groups excluding carboxylic acids is 1. The molecule has 0 saturated carbocycles. The van der Waals surface area contributed by atoms with Crippen molar-refractivity contribution >= 4 is 17.3 Å². The van der Waals surface area contributed by atoms with Gasteiger partial charge in [0.1, 0.15) is 0 Å². The van der Waals surface area contributed by atoms with Crippen LogP contribution in [0.5, 0.6) is 0 Å². The molecule has 0 radical (unpaired) electrons. The maximum atomic E-state index is 9.82. The zero-order chi connectivity index (χ0) is 8.73. The lowest BCUT2D eigenvalue weighted by Gasteiger charge is -1.83. The third-order valence-corrected chi connectivity index (χ3v) is 0.421. The molecule has 0 rings (SSSR count). The monoisotopic (exact) mass is 166 g/mol. The molecule has 10 heavy (non-hydrogen) atoms. The summed E-state index contributed by atoms with van der Waals surface area (Å²) in [5.41, 5.74) is 5.09. The van der Waals surface area contributed by atoms with Crippen LogP contribution in [0.4, 0.5) is 0 Å². The van der Waals surface area contributed by atoms with E-state index in [1.165, 1.54) is 0 Å². The van der Waals surface area contributed by atoms with Gasteiger partial charge in [-0.15, -0.1) is 0 Å². The molecule has 0 aromatic carbocycles. The third kappa shape index (κ3) is 26.7. The summed E-state index contributed by atoms with van der Waals surface area (Å²) in [4.78, 5) is 9.82. The SMILES string of the molecule is C=C(C)C(N)=O.O=S([O-])O. The molecule has 3 N–H and O–H groups in total. The van der Waals surface area contributed by atoms with Gasteiger partial charge in [-0.25, -0.2) is 4.21 Å². The first-order valence-electron chi connectivity index (χ1n) is 2.11. The van der Waals surface area contributed by atoms with Crippen LogP contribution in [0.2, 0.25) is 0 Å². The van der Waals surface area contributed by atoms with Crippen LogP contribution in [0.15, 0.2) is 12.2 Å². The molecule has 0 spiro atoms. The Balaban J connectivity index is 0. The Morgan fingerprint density at radius 3 is 1.90 bits per heavy atom. The highest BCUT2D eigenvalue weighted by molar-refractivity contribution is 7.73. The fraction of sp³-hybridized carbons (Fsp3) is 0.250. The molecule has 0 aliphatic heterocycles. The van der Waals surface area contributed by atoms with Crippen LogP contribution in [-0.4, -0.2) is 19.2 Å². The van der Waals surface area contributed by atoms with Crippen LogP contribution in [0.25, 0.3) is 0 Å². The van der Waals surface area contributed by atoms with Gasteiger partial charge >= 0.3 is 0 Å². The van der Waals surface area contributed by atoms with Crippen molar-refractivity contribution in [3.8, 4) is 0 Å². The molecule has 6 heteroatoms. The zero-order valence-corrected chi connectivity index (χ0v) is 6.18. The molecule has 1 unspecified atom stereocenters. The van der Waals surface area contributed by atoms with E-state index in [4.69, 9.17) is 19.0 Å². The highest BCUT2D eigenvalue weighted by Crippen LogP contribution is 1.78. The number of amides is 1. The predicted octanol–water partition coefficient (Wildman–Crippen LogP) is -0.614. The summed E-state index contributed by atoms with van der Waals surface area (Å²) < 4.78 is 24.1. The van der Waals surface area contributed by atoms with Crippen molar-refractivity contribution < 1.29 is 18.1 Å². The normalized spacial score (nSPS) is 10.7. The lowest BCUT2D eigenvalue weighted by atomic mass is 10.3. The lowest BCUT2D eigenvalue weighted by Crippen LogP contribution is -2.10. The summed E-state index contributed by atoms with van der Waals surface area (Å²) in [6, 6.07) is 0. The van der Waals surface area contributed by atoms with Gasteiger partial charge in [-0.2, -0.15) is 0 Å². The average Bonchev–Trinajstić information content (AvgIpc) is 1.63. The van der Waals surface area contributed by atoms with E-state index < -0.39 is 17.3 Å². The van der Waals surface area contributed by atoms with Crippen LogP contribution in [0.1, 0.15) is 6.92 Å². The Bertz CT molecular complexity index is 139. The Kier molecular flexibility index (Phi) is 7.68. The number of rotatable bonds is 1. The van der Waals surface area contributed by atoms with Crippen molar-refractivity contribution in [3.63, 3.8) is 0 Å². The van der Waals surface area contributed by atoms with Crippen molar-refractivity contribution in [2.75, 3.05) is 0 Å². The molecule has 1 amide bonds. The minimum atomic E-state index is -2.86. The Morgan fingerprint density at radius 1 is 1.80 bits per heavy atom. The molecule has 0 aliphatic carbocycles. The predicted molar refractivity (Wildman–Crippen MR) is 35.6 cm³/mol. The van der Waals surface area contributed by atoms with E-state index in [0.717, 1.165) is 0 Å². The zero-order valence-electron chi connectivity index (χ0n) is 5.36. The fourth-order valence-corrected chi connectivity index (χ4v) is 0. The van der Waals surface area contributed by atoms with Crippen LogP contribution < -0.4 is 5.73 Å². The summed E-state index contributed by atoms with van der Waals surface area (Å²) in [6.07, 6.45) is 0. The smallest absolute Gasteiger partial charge is 0.243 e. The van der Waals surface area contributed by atoms with Gasteiger partial charge in [0.15, 0.2) is 0 Å². The van der Waals surface area contributed by atoms with Gasteiger partial charge in [0.05, 0.1) is 11.4 Å². The lowest BCUT2D eigenvalue weighted by molar-refractivity contribution is -0.114. The first-order valence-corrected chi connectivity index (χ1v) is 3.14. The van der Waals surface area contributed by atoms with Crippen LogP contribution in [-0.2, 0) is 16.2 Å². The first-order chi connectivity index (χ1) is 4.37. The maximum Gasteiger partial charge on any atom is 0.243 e. The van der Waals surface area contributed by atoms with Crippen LogP contribution in [0, 0.1) is 0 Å². The second-order valence-corrected chi connectivity index (χ2v) is 1.80. The standard InChI is InChI=1S/C4H7NO.H2O3S/c1-3(2)4(5)6;1-4(2)3/h1H2,2H3,(H2,5,6);(H2,1,2,3)/p-1. The van der Waals surface area contributed by atoms with E-state index in [9.17, 15) is 4.79 Å². The summed E-state index contributed by atoms with van der Waals surface area (Å²) in [7, 11) is 0. The van der Waals surface area contributed by atoms with E-state index in [0.29, 0.717) is 5.57 Å². The maximum absolute atomic E-state index is 9.82. The molecule has 60 valence electrons. The molecule has 0 saturated heterocycles. The molecule has 0 heterocycles. The topological polar surface area (TPSA) is 103 Å². The molecular formula is C4H8NO4S-. The van der Waals surface area contributed by atoms with Gasteiger partial charge in [-0.05, 0) is 6.92 Å². The summed E-state index contributed by atoms with van der Waals surface area (Å²) in [5, 5.41) is 0. The number of hydrogen-bond donors (Lipinski definition) is 2. The molecule has 0 aromatic heterocycles. The number of primary amides is 1. The van der Waals surface area contributed by atoms with Crippen LogP contribution >= 0.6 is 0 Å². The number of hydrogen-bond acceptors (Lipinski definition) is 3. The van der Waals surface area contributed by atoms with E-state index >= 15 is 0 Å². The van der Waals surface area contributed by atoms with Gasteiger partial charge in [0.2, 0.25) is 5.91 Å². The Hall–Kier alpha value is -0.720. The van der Waals surface area contributed by atoms with Crippen LogP contribution in [0.3, 0.4) is 0 Å². The van der Waals surface area contributed by atoms with E-state index in [-0.39, 0.29) is 0 Å². The second-order valence-electron chi connectivity index (χ2n) is 1.36. The number of nitrogens with two attached hydrogens (primary N) is 1. The second kappa shape index (κ2) is 6.40. The molecule has 0 aliphatic rings. The van der Waals surface area contributed by atoms with Gasteiger partial charge in [0.25, 0.3) is 0 Å². The van der Waals surface area contributed by atoms with Gasteiger partial charge in [-0.3, -0.25) is 4.79 Å². The van der Waals surface area contributed by atoms with Crippen molar-refractivity contribution in [1.29, 1.82) is 0 Å². The van der Waals surface area contributed by atoms with Gasteiger partial charge < -0.3 is 14.8 Å². The van der Waals surface area contributed by atoms with E-state index in [1.54, 1.807) is 6.92 Å². The largest absolute Gasteiger partial charge is 0.750 e. The molecule has 1 atom stereocenters. The molecule has 0 aromatic rings. The molecule has 5 nitrogen and oxygen atoms in total. The highest BCUT2D eigenvalue weighted by atomic mass is 32.2. The van der Waals surface area contributed by atoms with Crippen molar-refractivity contribution in [2.45, 2.75) is 6.92 Å². The Morgan fingerprint density at radius 2 is 1.90 bits per heavy atom. The van der Waals surface area contributed by atoms with Crippen molar-refractivity contribution in [2.24, 2.45) is 5.73 Å². The summed E-state index contributed by atoms with van der Waals surface area (Å²) in [6.45, 7) is 4.85. The summed E-state index contributed by atoms with van der Waals surface area (Å²) >= 11 is -2.86. The molecular weight excluding hydrogens is 158 g/mol. The summed E-state index contributed by atoms with van der Waals surface area (Å²) in [5.74, 6) is -0.435.